The van der Waals surface area contributed by atoms with E-state index in [9.17, 15) is 27.2 Å². The fraction of sp³-hybridized carbons (Fsp3) is 0.333. The van der Waals surface area contributed by atoms with Gasteiger partial charge in [-0.25, -0.2) is 4.39 Å². The number of alkyl halides is 3. The minimum absolute atomic E-state index is 0.0284. The summed E-state index contributed by atoms with van der Waals surface area (Å²) in [5, 5.41) is 4.10. The summed E-state index contributed by atoms with van der Waals surface area (Å²) in [6.45, 7) is 1.41. The van der Waals surface area contributed by atoms with Crippen molar-refractivity contribution in [3.8, 4) is 5.75 Å². The van der Waals surface area contributed by atoms with E-state index in [1.807, 2.05) is 0 Å². The molecule has 0 aliphatic carbocycles. The van der Waals surface area contributed by atoms with Crippen molar-refractivity contribution in [1.29, 1.82) is 0 Å². The molecule has 1 unspecified atom stereocenters. The molecule has 10 heteroatoms. The van der Waals surface area contributed by atoms with Crippen LogP contribution in [0.4, 0.5) is 23.2 Å². The molecule has 0 bridgehead atoms. The van der Waals surface area contributed by atoms with Crippen molar-refractivity contribution in [3.05, 3.63) is 58.9 Å². The fourth-order valence-electron chi connectivity index (χ4n) is 2.52. The maximum atomic E-state index is 14.2. The van der Waals surface area contributed by atoms with E-state index < -0.39 is 36.5 Å². The summed E-state index contributed by atoms with van der Waals surface area (Å²) < 4.78 is 61.7. The maximum absolute atomic E-state index is 14.2. The predicted octanol–water partition coefficient (Wildman–Crippen LogP) is 3.98. The highest BCUT2D eigenvalue weighted by molar-refractivity contribution is 5.98. The van der Waals surface area contributed by atoms with Crippen LogP contribution >= 0.6 is 0 Å². The number of methoxy groups -OCH3 is 1. The van der Waals surface area contributed by atoms with Gasteiger partial charge in [-0.1, -0.05) is 12.1 Å². The van der Waals surface area contributed by atoms with Gasteiger partial charge < -0.3 is 20.1 Å². The summed E-state index contributed by atoms with van der Waals surface area (Å²) in [7, 11) is 1.52. The summed E-state index contributed by atoms with van der Waals surface area (Å²) in [4.78, 5) is 24.3. The first-order valence-electron chi connectivity index (χ1n) is 9.20. The van der Waals surface area contributed by atoms with Crippen LogP contribution in [0.3, 0.4) is 0 Å². The zero-order valence-electron chi connectivity index (χ0n) is 17.1. The van der Waals surface area contributed by atoms with E-state index in [2.05, 4.69) is 5.32 Å². The van der Waals surface area contributed by atoms with Crippen LogP contribution < -0.4 is 15.4 Å². The van der Waals surface area contributed by atoms with Gasteiger partial charge in [0.2, 0.25) is 0 Å². The second kappa shape index (κ2) is 10.3. The van der Waals surface area contributed by atoms with Crippen LogP contribution in [-0.4, -0.2) is 37.7 Å². The lowest BCUT2D eigenvalue weighted by molar-refractivity contribution is -0.127. The van der Waals surface area contributed by atoms with E-state index in [0.717, 1.165) is 17.7 Å². The molecule has 0 aliphatic heterocycles. The normalized spacial score (nSPS) is 12.2. The first kappa shape index (κ1) is 24.1. The van der Waals surface area contributed by atoms with Crippen molar-refractivity contribution < 1.29 is 36.6 Å². The number of rotatable bonds is 8. The van der Waals surface area contributed by atoms with E-state index in [1.54, 1.807) is 29.6 Å². The number of halogens is 4. The van der Waals surface area contributed by atoms with Crippen molar-refractivity contribution in [2.75, 3.05) is 19.0 Å². The molecule has 168 valence electrons. The molecule has 0 aromatic heterocycles. The second-order valence-corrected chi connectivity index (χ2v) is 6.72. The lowest BCUT2D eigenvalue weighted by atomic mass is 10.1. The predicted molar refractivity (Wildman–Crippen MR) is 105 cm³/mol. The van der Waals surface area contributed by atoms with Crippen LogP contribution in [-0.2, 0) is 16.1 Å². The Morgan fingerprint density at radius 2 is 1.87 bits per heavy atom. The molecule has 0 saturated carbocycles. The molecule has 2 aromatic rings. The summed E-state index contributed by atoms with van der Waals surface area (Å²) in [6.07, 6.45) is -5.54. The van der Waals surface area contributed by atoms with Gasteiger partial charge in [-0.05, 0) is 43.7 Å². The summed E-state index contributed by atoms with van der Waals surface area (Å²) in [6, 6.07) is 8.97. The highest BCUT2D eigenvalue weighted by Crippen LogP contribution is 2.22. The van der Waals surface area contributed by atoms with Gasteiger partial charge in [-0.15, -0.1) is 0 Å². The van der Waals surface area contributed by atoms with E-state index in [1.165, 1.54) is 21.0 Å². The van der Waals surface area contributed by atoms with Gasteiger partial charge in [0.25, 0.3) is 11.8 Å². The third-order valence-electron chi connectivity index (χ3n) is 4.32. The molecule has 0 radical (unpaired) electrons. The maximum Gasteiger partial charge on any atom is 0.405 e. The monoisotopic (exact) mass is 442 g/mol. The fourth-order valence-corrected chi connectivity index (χ4v) is 2.52. The largest absolute Gasteiger partial charge is 0.497 e. The number of benzene rings is 2. The molecule has 0 spiro atoms. The van der Waals surface area contributed by atoms with Crippen molar-refractivity contribution in [2.45, 2.75) is 32.7 Å². The molecule has 0 aliphatic rings. The molecule has 0 saturated heterocycles. The smallest absolute Gasteiger partial charge is 0.405 e. The van der Waals surface area contributed by atoms with Gasteiger partial charge in [-0.3, -0.25) is 9.59 Å². The molecule has 0 heterocycles. The number of nitrogens with one attached hydrogen (secondary N) is 2. The van der Waals surface area contributed by atoms with Crippen molar-refractivity contribution in [2.24, 2.45) is 0 Å². The summed E-state index contributed by atoms with van der Waals surface area (Å²) >= 11 is 0. The zero-order valence-corrected chi connectivity index (χ0v) is 17.1. The molecule has 6 nitrogen and oxygen atoms in total. The minimum Gasteiger partial charge on any atom is -0.497 e. The Morgan fingerprint density at radius 3 is 2.52 bits per heavy atom. The summed E-state index contributed by atoms with van der Waals surface area (Å²) in [5.74, 6) is -1.95. The van der Waals surface area contributed by atoms with Crippen LogP contribution in [0.15, 0.2) is 36.4 Å². The molecule has 2 N–H and O–H groups in total. The Kier molecular flexibility index (Phi) is 7.98. The van der Waals surface area contributed by atoms with Crippen LogP contribution in [0.25, 0.3) is 0 Å². The number of hydrogen-bond acceptors (Lipinski definition) is 4. The number of amides is 2. The number of carbonyl (C=O) groups is 2. The van der Waals surface area contributed by atoms with E-state index >= 15 is 0 Å². The van der Waals surface area contributed by atoms with Crippen LogP contribution in [0, 0.1) is 12.7 Å². The second-order valence-electron chi connectivity index (χ2n) is 6.72. The van der Waals surface area contributed by atoms with E-state index in [4.69, 9.17) is 9.47 Å². The Morgan fingerprint density at radius 1 is 1.16 bits per heavy atom. The van der Waals surface area contributed by atoms with Gasteiger partial charge in [0.1, 0.15) is 24.2 Å². The average molecular weight is 442 g/mol. The minimum atomic E-state index is -4.61. The highest BCUT2D eigenvalue weighted by Gasteiger charge is 2.28. The van der Waals surface area contributed by atoms with Crippen LogP contribution in [0.5, 0.6) is 5.75 Å². The lowest BCUT2D eigenvalue weighted by Gasteiger charge is -2.16. The average Bonchev–Trinajstić information content (AvgIpc) is 2.72. The molecule has 1 atom stereocenters. The van der Waals surface area contributed by atoms with Crippen molar-refractivity contribution in [1.82, 2.24) is 5.32 Å². The van der Waals surface area contributed by atoms with Crippen LogP contribution in [0.1, 0.15) is 28.4 Å². The van der Waals surface area contributed by atoms with Crippen molar-refractivity contribution >= 4 is 17.5 Å². The highest BCUT2D eigenvalue weighted by atomic mass is 19.4. The first-order valence-corrected chi connectivity index (χ1v) is 9.20. The van der Waals surface area contributed by atoms with E-state index in [-0.39, 0.29) is 23.4 Å². The molecule has 2 amide bonds. The SMILES string of the molecule is COc1cccc(COC(C)C(=O)Nc2cc(C(=O)NCC(F)(F)F)cc(F)c2C)c1. The quantitative estimate of drug-likeness (QED) is 0.607. The van der Waals surface area contributed by atoms with Crippen LogP contribution in [0.2, 0.25) is 0 Å². The number of ether oxygens (including phenoxy) is 2. The standard InChI is InChI=1S/C21H22F4N2O4/c1-12-17(22)8-15(20(29)26-11-21(23,24)25)9-18(12)27-19(28)13(2)31-10-14-5-4-6-16(7-14)30-3/h4-9,13H,10-11H2,1-3H3,(H,26,29)(H,27,28). The Balaban J connectivity index is 2.05. The van der Waals surface area contributed by atoms with E-state index in [0.29, 0.717) is 5.75 Å². The Hall–Kier alpha value is -3.14. The zero-order chi connectivity index (χ0) is 23.2. The van der Waals surface area contributed by atoms with Gasteiger partial charge in [0.15, 0.2) is 0 Å². The molecule has 31 heavy (non-hydrogen) atoms. The van der Waals surface area contributed by atoms with Gasteiger partial charge >= 0.3 is 6.18 Å². The molecule has 2 rings (SSSR count). The van der Waals surface area contributed by atoms with Gasteiger partial charge in [0, 0.05) is 16.8 Å². The Labute approximate surface area is 176 Å². The lowest BCUT2D eigenvalue weighted by Crippen LogP contribution is -2.34. The number of carbonyl (C=O) groups excluding carboxylic acids is 2. The first-order chi connectivity index (χ1) is 14.5. The molecular weight excluding hydrogens is 420 g/mol. The summed E-state index contributed by atoms with van der Waals surface area (Å²) in [5.41, 5.74) is 0.400. The Bertz CT molecular complexity index is 947. The van der Waals surface area contributed by atoms with Gasteiger partial charge in [0.05, 0.1) is 13.7 Å². The third kappa shape index (κ3) is 7.25. The third-order valence-corrected chi connectivity index (χ3v) is 4.32. The number of hydrogen-bond donors (Lipinski definition) is 2. The number of anilines is 1. The molecule has 0 fully saturated rings. The molecule has 2 aromatic carbocycles. The van der Waals surface area contributed by atoms with Crippen molar-refractivity contribution in [3.63, 3.8) is 0 Å². The molecular formula is C21H22F4N2O4. The van der Waals surface area contributed by atoms with Gasteiger partial charge in [-0.2, -0.15) is 13.2 Å². The topological polar surface area (TPSA) is 76.7 Å².